The van der Waals surface area contributed by atoms with Crippen LogP contribution >= 0.6 is 15.9 Å². The largest absolute Gasteiger partial charge is 0.355 e. The molecule has 0 aliphatic carbocycles. The highest BCUT2D eigenvalue weighted by molar-refractivity contribution is 9.10. The zero-order chi connectivity index (χ0) is 14.5. The predicted molar refractivity (Wildman–Crippen MR) is 80.2 cm³/mol. The maximum Gasteiger partial charge on any atom is 0.222 e. The van der Waals surface area contributed by atoms with Gasteiger partial charge >= 0.3 is 0 Å². The Bertz CT molecular complexity index is 595. The monoisotopic (exact) mass is 339 g/mol. The number of imidazole rings is 1. The summed E-state index contributed by atoms with van der Waals surface area (Å²) in [7, 11) is 0. The van der Waals surface area contributed by atoms with Crippen molar-refractivity contribution in [3.8, 4) is 0 Å². The third kappa shape index (κ3) is 3.77. The minimum atomic E-state index is 0.0265. The summed E-state index contributed by atoms with van der Waals surface area (Å²) in [6.45, 7) is 5.80. The van der Waals surface area contributed by atoms with Gasteiger partial charge in [0.05, 0.1) is 18.1 Å². The molecular formula is C13H18BrN5O. The summed E-state index contributed by atoms with van der Waals surface area (Å²) in [4.78, 5) is 19.8. The second kappa shape index (κ2) is 6.81. The maximum absolute atomic E-state index is 11.4. The number of fused-ring (bicyclic) bond motifs is 1. The molecule has 2 heterocycles. The molecule has 2 aromatic rings. The van der Waals surface area contributed by atoms with Crippen LogP contribution in [0.3, 0.4) is 0 Å². The van der Waals surface area contributed by atoms with E-state index in [1.165, 1.54) is 0 Å². The first-order valence-corrected chi connectivity index (χ1v) is 7.33. The van der Waals surface area contributed by atoms with Gasteiger partial charge in [0, 0.05) is 31.7 Å². The summed E-state index contributed by atoms with van der Waals surface area (Å²) in [5, 5.41) is 6.15. The molecule has 2 aromatic heterocycles. The molecule has 0 atom stereocenters. The third-order valence-corrected chi connectivity index (χ3v) is 3.28. The van der Waals surface area contributed by atoms with Gasteiger partial charge in [0.1, 0.15) is 4.60 Å². The molecule has 0 unspecified atom stereocenters. The molecular weight excluding hydrogens is 322 g/mol. The second-order valence-corrected chi connectivity index (χ2v) is 5.62. The van der Waals surface area contributed by atoms with Crippen LogP contribution in [-0.4, -0.2) is 33.4 Å². The average molecular weight is 340 g/mol. The van der Waals surface area contributed by atoms with Crippen molar-refractivity contribution in [3.63, 3.8) is 0 Å². The minimum absolute atomic E-state index is 0.0265. The molecule has 0 saturated heterocycles. The average Bonchev–Trinajstić information content (AvgIpc) is 2.80. The Morgan fingerprint density at radius 1 is 1.35 bits per heavy atom. The van der Waals surface area contributed by atoms with Gasteiger partial charge in [-0.05, 0) is 15.9 Å². The van der Waals surface area contributed by atoms with Crippen molar-refractivity contribution in [1.82, 2.24) is 25.0 Å². The van der Waals surface area contributed by atoms with E-state index in [1.807, 2.05) is 30.6 Å². The Morgan fingerprint density at radius 2 is 2.15 bits per heavy atom. The first kappa shape index (κ1) is 14.9. The predicted octanol–water partition coefficient (Wildman–Crippen LogP) is 1.35. The zero-order valence-electron chi connectivity index (χ0n) is 11.6. The fourth-order valence-electron chi connectivity index (χ4n) is 1.74. The molecule has 0 radical (unpaired) electrons. The van der Waals surface area contributed by atoms with E-state index in [0.717, 1.165) is 22.5 Å². The maximum atomic E-state index is 11.4. The van der Waals surface area contributed by atoms with Gasteiger partial charge in [-0.1, -0.05) is 13.8 Å². The van der Waals surface area contributed by atoms with E-state index in [9.17, 15) is 4.79 Å². The molecule has 0 aliphatic heterocycles. The topological polar surface area (TPSA) is 71.3 Å². The number of amides is 1. The lowest BCUT2D eigenvalue weighted by Crippen LogP contribution is -2.34. The lowest BCUT2D eigenvalue weighted by molar-refractivity contribution is -0.123. The molecule has 0 aliphatic rings. The Balaban J connectivity index is 1.81. The molecule has 0 bridgehead atoms. The van der Waals surface area contributed by atoms with Gasteiger partial charge in [-0.15, -0.1) is 0 Å². The number of hydrogen-bond donors (Lipinski definition) is 2. The van der Waals surface area contributed by atoms with Crippen molar-refractivity contribution >= 4 is 27.5 Å². The first-order chi connectivity index (χ1) is 9.58. The van der Waals surface area contributed by atoms with Crippen LogP contribution in [0.15, 0.2) is 23.2 Å². The number of nitrogens with zero attached hydrogens (tertiary/aromatic N) is 3. The molecule has 0 saturated carbocycles. The van der Waals surface area contributed by atoms with Crippen LogP contribution in [0.2, 0.25) is 0 Å². The van der Waals surface area contributed by atoms with E-state index in [-0.39, 0.29) is 11.8 Å². The Morgan fingerprint density at radius 3 is 2.90 bits per heavy atom. The molecule has 2 rings (SSSR count). The Kier molecular flexibility index (Phi) is 5.08. The smallest absolute Gasteiger partial charge is 0.222 e. The third-order valence-electron chi connectivity index (χ3n) is 2.87. The lowest BCUT2D eigenvalue weighted by atomic mass is 10.2. The first-order valence-electron chi connectivity index (χ1n) is 6.54. The van der Waals surface area contributed by atoms with Crippen LogP contribution in [0.5, 0.6) is 0 Å². The number of rotatable bonds is 6. The molecule has 6 nitrogen and oxygen atoms in total. The summed E-state index contributed by atoms with van der Waals surface area (Å²) >= 11 is 3.35. The van der Waals surface area contributed by atoms with Gasteiger partial charge in [0.15, 0.2) is 5.65 Å². The van der Waals surface area contributed by atoms with Gasteiger partial charge in [-0.3, -0.25) is 9.20 Å². The van der Waals surface area contributed by atoms with Gasteiger partial charge < -0.3 is 10.6 Å². The Labute approximate surface area is 126 Å². The molecule has 0 fully saturated rings. The molecule has 7 heteroatoms. The van der Waals surface area contributed by atoms with Gasteiger partial charge in [0.25, 0.3) is 0 Å². The van der Waals surface area contributed by atoms with E-state index in [4.69, 9.17) is 0 Å². The molecule has 1 amide bonds. The van der Waals surface area contributed by atoms with Crippen molar-refractivity contribution < 1.29 is 4.79 Å². The van der Waals surface area contributed by atoms with Gasteiger partial charge in [-0.25, -0.2) is 9.97 Å². The van der Waals surface area contributed by atoms with Crippen molar-refractivity contribution in [1.29, 1.82) is 0 Å². The van der Waals surface area contributed by atoms with Crippen molar-refractivity contribution in [3.05, 3.63) is 28.9 Å². The summed E-state index contributed by atoms with van der Waals surface area (Å²) in [5.74, 6) is 0.107. The zero-order valence-corrected chi connectivity index (χ0v) is 13.1. The second-order valence-electron chi connectivity index (χ2n) is 4.81. The SMILES string of the molecule is CC(C)C(=O)NCCNCc1cnc2cnc(Br)cn12. The summed E-state index contributed by atoms with van der Waals surface area (Å²) in [5.41, 5.74) is 1.87. The van der Waals surface area contributed by atoms with Gasteiger partial charge in [-0.2, -0.15) is 0 Å². The summed E-state index contributed by atoms with van der Waals surface area (Å²) < 4.78 is 2.75. The standard InChI is InChI=1S/C13H18BrN5O/c1-9(2)13(20)16-4-3-15-5-10-6-18-12-7-17-11(14)8-19(10)12/h6-9,15H,3-5H2,1-2H3,(H,16,20). The van der Waals surface area contributed by atoms with Crippen LogP contribution in [0.4, 0.5) is 0 Å². The fraction of sp³-hybridized carbons (Fsp3) is 0.462. The number of aromatic nitrogens is 3. The lowest BCUT2D eigenvalue weighted by Gasteiger charge is -2.08. The van der Waals surface area contributed by atoms with Crippen LogP contribution in [0, 0.1) is 5.92 Å². The van der Waals surface area contributed by atoms with E-state index >= 15 is 0 Å². The highest BCUT2D eigenvalue weighted by Crippen LogP contribution is 2.10. The number of carbonyl (C=O) groups excluding carboxylic acids is 1. The number of carbonyl (C=O) groups is 1. The van der Waals surface area contributed by atoms with Crippen LogP contribution in [-0.2, 0) is 11.3 Å². The molecule has 20 heavy (non-hydrogen) atoms. The summed E-state index contributed by atoms with van der Waals surface area (Å²) in [6, 6.07) is 0. The van der Waals surface area contributed by atoms with Crippen molar-refractivity contribution in [2.75, 3.05) is 13.1 Å². The van der Waals surface area contributed by atoms with E-state index < -0.39 is 0 Å². The van der Waals surface area contributed by atoms with Crippen molar-refractivity contribution in [2.24, 2.45) is 5.92 Å². The number of hydrogen-bond acceptors (Lipinski definition) is 4. The normalized spacial score (nSPS) is 11.2. The van der Waals surface area contributed by atoms with E-state index in [0.29, 0.717) is 13.1 Å². The van der Waals surface area contributed by atoms with E-state index in [1.54, 1.807) is 6.20 Å². The molecule has 2 N–H and O–H groups in total. The van der Waals surface area contributed by atoms with Crippen LogP contribution in [0.25, 0.3) is 5.65 Å². The molecule has 108 valence electrons. The highest BCUT2D eigenvalue weighted by atomic mass is 79.9. The molecule has 0 aromatic carbocycles. The quantitative estimate of drug-likeness (QED) is 0.779. The minimum Gasteiger partial charge on any atom is -0.355 e. The van der Waals surface area contributed by atoms with Gasteiger partial charge in [0.2, 0.25) is 5.91 Å². The highest BCUT2D eigenvalue weighted by Gasteiger charge is 2.06. The summed E-state index contributed by atoms with van der Waals surface area (Å²) in [6.07, 6.45) is 5.43. The number of halogens is 1. The van der Waals surface area contributed by atoms with E-state index in [2.05, 4.69) is 36.5 Å². The number of nitrogens with one attached hydrogen (secondary N) is 2. The van der Waals surface area contributed by atoms with Crippen LogP contribution < -0.4 is 10.6 Å². The van der Waals surface area contributed by atoms with Crippen molar-refractivity contribution in [2.45, 2.75) is 20.4 Å². The Hall–Kier alpha value is -1.47. The molecule has 0 spiro atoms. The fourth-order valence-corrected chi connectivity index (χ4v) is 2.05. The van der Waals surface area contributed by atoms with Crippen LogP contribution in [0.1, 0.15) is 19.5 Å².